The summed E-state index contributed by atoms with van der Waals surface area (Å²) in [4.78, 5) is 25.4. The minimum absolute atomic E-state index is 0.0262. The fourth-order valence-electron chi connectivity index (χ4n) is 5.89. The van der Waals surface area contributed by atoms with E-state index in [-0.39, 0.29) is 11.4 Å². The number of thioether (sulfide) groups is 1. The molecule has 1 unspecified atom stereocenters. The monoisotopic (exact) mass is 518 g/mol. The third-order valence-electron chi connectivity index (χ3n) is 7.68. The van der Waals surface area contributed by atoms with Crippen LogP contribution in [0.15, 0.2) is 52.4 Å². The Hall–Kier alpha value is -2.77. The second-order valence-electron chi connectivity index (χ2n) is 10.7. The van der Waals surface area contributed by atoms with Gasteiger partial charge in [0.2, 0.25) is 0 Å². The van der Waals surface area contributed by atoms with Crippen LogP contribution in [0.2, 0.25) is 0 Å². The Labute approximate surface area is 225 Å². The summed E-state index contributed by atoms with van der Waals surface area (Å²) in [5.74, 6) is 0.501. The summed E-state index contributed by atoms with van der Waals surface area (Å²) in [6, 6.07) is 14.9. The number of anilines is 2. The number of hydrogen-bond donors (Lipinski definition) is 0. The van der Waals surface area contributed by atoms with Gasteiger partial charge < -0.3 is 14.5 Å². The normalized spacial score (nSPS) is 23.8. The number of carbonyl (C=O) groups excluding carboxylic acids is 1. The molecule has 2 fully saturated rings. The molecule has 2 aromatic carbocycles. The van der Waals surface area contributed by atoms with Crippen molar-refractivity contribution in [1.29, 1.82) is 0 Å². The third kappa shape index (κ3) is 5.16. The molecule has 37 heavy (non-hydrogen) atoms. The number of likely N-dealkylation sites (N-methyl/N-ethyl adjacent to an activating group) is 1. The minimum atomic E-state index is 0.0262. The number of carbonyl (C=O) groups is 1. The summed E-state index contributed by atoms with van der Waals surface area (Å²) in [5, 5.41) is 0.739. The Bertz CT molecular complexity index is 1210. The first-order valence-corrected chi connectivity index (χ1v) is 14.3. The van der Waals surface area contributed by atoms with E-state index in [2.05, 4.69) is 67.8 Å². The average molecular weight is 519 g/mol. The van der Waals surface area contributed by atoms with Gasteiger partial charge in [-0.25, -0.2) is 4.99 Å². The lowest BCUT2D eigenvalue weighted by Gasteiger charge is -2.47. The third-order valence-corrected chi connectivity index (χ3v) is 8.69. The molecule has 0 aliphatic carbocycles. The van der Waals surface area contributed by atoms with Crippen LogP contribution in [0.1, 0.15) is 58.1 Å². The average Bonchev–Trinajstić information content (AvgIpc) is 3.18. The minimum Gasteiger partial charge on any atom is -0.378 e. The summed E-state index contributed by atoms with van der Waals surface area (Å²) in [5.41, 5.74) is 5.94. The van der Waals surface area contributed by atoms with Crippen molar-refractivity contribution < 1.29 is 9.53 Å². The molecule has 0 spiro atoms. The summed E-state index contributed by atoms with van der Waals surface area (Å²) in [6.45, 7) is 16.1. The predicted octanol–water partition coefficient (Wildman–Crippen LogP) is 6.26. The number of amides is 1. The Morgan fingerprint density at radius 3 is 2.49 bits per heavy atom. The van der Waals surface area contributed by atoms with Crippen LogP contribution in [-0.4, -0.2) is 60.9 Å². The molecular weight excluding hydrogens is 480 g/mol. The molecule has 0 radical (unpaired) electrons. The van der Waals surface area contributed by atoms with E-state index in [1.807, 2.05) is 25.1 Å². The van der Waals surface area contributed by atoms with Gasteiger partial charge in [-0.1, -0.05) is 13.0 Å². The van der Waals surface area contributed by atoms with Crippen LogP contribution in [0.4, 0.5) is 17.1 Å². The van der Waals surface area contributed by atoms with Gasteiger partial charge in [-0.2, -0.15) is 0 Å². The number of nitrogens with zero attached hydrogens (tertiary/aromatic N) is 4. The maximum Gasteiger partial charge on any atom is 0.266 e. The number of benzene rings is 2. The lowest BCUT2D eigenvalue weighted by atomic mass is 9.79. The Balaban J connectivity index is 1.38. The number of amidine groups is 1. The van der Waals surface area contributed by atoms with E-state index >= 15 is 0 Å². The van der Waals surface area contributed by atoms with Crippen molar-refractivity contribution in [2.45, 2.75) is 52.5 Å². The lowest BCUT2D eigenvalue weighted by Crippen LogP contribution is -2.48. The van der Waals surface area contributed by atoms with Crippen molar-refractivity contribution in [3.63, 3.8) is 0 Å². The van der Waals surface area contributed by atoms with E-state index in [0.29, 0.717) is 12.5 Å². The van der Waals surface area contributed by atoms with Crippen LogP contribution in [0.5, 0.6) is 0 Å². The second-order valence-corrected chi connectivity index (χ2v) is 11.7. The maximum absolute atomic E-state index is 13.3. The molecule has 1 atom stereocenters. The van der Waals surface area contributed by atoms with Crippen LogP contribution in [-0.2, 0) is 9.53 Å². The molecule has 2 aromatic rings. The molecule has 0 aromatic heterocycles. The summed E-state index contributed by atoms with van der Waals surface area (Å²) in [7, 11) is 0. The fourth-order valence-corrected chi connectivity index (χ4v) is 6.95. The zero-order valence-corrected chi connectivity index (χ0v) is 23.5. The first kappa shape index (κ1) is 25.9. The highest BCUT2D eigenvalue weighted by Crippen LogP contribution is 2.44. The van der Waals surface area contributed by atoms with Crippen molar-refractivity contribution in [3.8, 4) is 0 Å². The fraction of sp³-hybridized carbons (Fsp3) is 0.467. The molecule has 2 saturated heterocycles. The van der Waals surface area contributed by atoms with Gasteiger partial charge in [0.1, 0.15) is 0 Å². The van der Waals surface area contributed by atoms with Gasteiger partial charge in [0.25, 0.3) is 5.91 Å². The number of rotatable bonds is 5. The molecular formula is C30H38N4O2S. The highest BCUT2D eigenvalue weighted by atomic mass is 32.2. The highest BCUT2D eigenvalue weighted by molar-refractivity contribution is 8.18. The Kier molecular flexibility index (Phi) is 7.37. The van der Waals surface area contributed by atoms with Gasteiger partial charge in [0.05, 0.1) is 23.8 Å². The van der Waals surface area contributed by atoms with E-state index in [9.17, 15) is 4.79 Å². The molecule has 196 valence electrons. The number of ether oxygens (including phenoxy) is 1. The van der Waals surface area contributed by atoms with Gasteiger partial charge >= 0.3 is 0 Å². The van der Waals surface area contributed by atoms with Crippen LogP contribution < -0.4 is 9.80 Å². The largest absolute Gasteiger partial charge is 0.378 e. The molecule has 7 heteroatoms. The summed E-state index contributed by atoms with van der Waals surface area (Å²) < 4.78 is 5.46. The van der Waals surface area contributed by atoms with Gasteiger partial charge in [-0.15, -0.1) is 0 Å². The van der Waals surface area contributed by atoms with Gasteiger partial charge in [0.15, 0.2) is 5.17 Å². The van der Waals surface area contributed by atoms with Crippen molar-refractivity contribution in [2.75, 3.05) is 49.2 Å². The van der Waals surface area contributed by atoms with Crippen molar-refractivity contribution in [1.82, 2.24) is 4.90 Å². The van der Waals surface area contributed by atoms with E-state index in [1.54, 1.807) is 4.90 Å². The molecule has 0 saturated carbocycles. The molecule has 6 nitrogen and oxygen atoms in total. The zero-order valence-electron chi connectivity index (χ0n) is 22.7. The maximum atomic E-state index is 13.3. The summed E-state index contributed by atoms with van der Waals surface area (Å²) >= 11 is 1.47. The van der Waals surface area contributed by atoms with E-state index in [4.69, 9.17) is 9.73 Å². The smallest absolute Gasteiger partial charge is 0.266 e. The zero-order chi connectivity index (χ0) is 26.2. The first-order chi connectivity index (χ1) is 17.8. The van der Waals surface area contributed by atoms with E-state index in [0.717, 1.165) is 60.6 Å². The number of aliphatic imine (C=N–C) groups is 1. The Morgan fingerprint density at radius 1 is 1.08 bits per heavy atom. The molecule has 1 amide bonds. The number of fused-ring (bicyclic) bond motifs is 1. The molecule has 3 aliphatic rings. The quantitative estimate of drug-likeness (QED) is 0.437. The second kappa shape index (κ2) is 10.5. The van der Waals surface area contributed by atoms with Gasteiger partial charge in [0, 0.05) is 43.1 Å². The highest BCUT2D eigenvalue weighted by Gasteiger charge is 2.36. The van der Waals surface area contributed by atoms with Gasteiger partial charge in [-0.3, -0.25) is 9.69 Å². The molecule has 3 heterocycles. The van der Waals surface area contributed by atoms with Crippen molar-refractivity contribution in [3.05, 3.63) is 58.5 Å². The first-order valence-electron chi connectivity index (χ1n) is 13.4. The predicted molar refractivity (Wildman–Crippen MR) is 156 cm³/mol. The SMILES string of the molecule is CCN1C(=O)/C(=C/c2ccc3c(c2)C(C)CC(C)(C)N3CC)SC1=Nc1ccc(N2CCOCC2)cc1. The molecule has 0 bridgehead atoms. The van der Waals surface area contributed by atoms with Crippen LogP contribution >= 0.6 is 11.8 Å². The Morgan fingerprint density at radius 2 is 1.81 bits per heavy atom. The topological polar surface area (TPSA) is 48.4 Å². The standard InChI is InChI=1S/C30H38N4O2S/c1-6-33-28(35)27(19-22-8-13-26-25(18-22)21(3)20-30(4,5)34(26)7-2)37-29(33)31-23-9-11-24(12-10-23)32-14-16-36-17-15-32/h8-13,18-19,21H,6-7,14-17,20H2,1-5H3/b27-19-,31-29?. The van der Waals surface area contributed by atoms with Gasteiger partial charge in [-0.05, 0) is 105 Å². The molecule has 3 aliphatic heterocycles. The number of morpholine rings is 1. The lowest BCUT2D eigenvalue weighted by molar-refractivity contribution is -0.122. The number of hydrogen-bond acceptors (Lipinski definition) is 6. The van der Waals surface area contributed by atoms with E-state index < -0.39 is 0 Å². The van der Waals surface area contributed by atoms with Crippen LogP contribution in [0, 0.1) is 0 Å². The molecule has 5 rings (SSSR count). The van der Waals surface area contributed by atoms with Crippen molar-refractivity contribution >= 4 is 46.0 Å². The van der Waals surface area contributed by atoms with E-state index in [1.165, 1.54) is 28.7 Å². The van der Waals surface area contributed by atoms with Crippen LogP contribution in [0.25, 0.3) is 6.08 Å². The summed E-state index contributed by atoms with van der Waals surface area (Å²) in [6.07, 6.45) is 3.15. The molecule has 0 N–H and O–H groups in total. The van der Waals surface area contributed by atoms with Crippen molar-refractivity contribution in [2.24, 2.45) is 4.99 Å². The van der Waals surface area contributed by atoms with Crippen LogP contribution in [0.3, 0.4) is 0 Å².